The summed E-state index contributed by atoms with van der Waals surface area (Å²) in [6, 6.07) is 57.4. The van der Waals surface area contributed by atoms with Crippen LogP contribution < -0.4 is 19.3 Å². The lowest BCUT2D eigenvalue weighted by molar-refractivity contribution is -0.129. The number of aryl methyl sites for hydroxylation is 2. The van der Waals surface area contributed by atoms with Crippen LogP contribution in [0, 0.1) is 13.8 Å². The van der Waals surface area contributed by atoms with E-state index in [1.54, 1.807) is 12.1 Å². The molecule has 0 N–H and O–H groups in total. The third-order valence-electron chi connectivity index (χ3n) is 10.1. The van der Waals surface area contributed by atoms with Crippen molar-refractivity contribution in [1.82, 2.24) is 0 Å². The van der Waals surface area contributed by atoms with Crippen LogP contribution in [0.2, 0.25) is 0 Å². The molecule has 8 aromatic rings. The molecule has 6 nitrogen and oxygen atoms in total. The van der Waals surface area contributed by atoms with Crippen molar-refractivity contribution in [3.05, 3.63) is 206 Å². The van der Waals surface area contributed by atoms with Crippen molar-refractivity contribution in [1.29, 1.82) is 0 Å². The molecule has 0 radical (unpaired) electrons. The van der Waals surface area contributed by atoms with E-state index in [1.165, 1.54) is 11.1 Å². The molecule has 0 aliphatic rings. The molecule has 58 heavy (non-hydrogen) atoms. The highest BCUT2D eigenvalue weighted by Crippen LogP contribution is 2.45. The maximum atomic E-state index is 12.3. The van der Waals surface area contributed by atoms with Gasteiger partial charge in [0.15, 0.2) is 0 Å². The van der Waals surface area contributed by atoms with Crippen LogP contribution in [0.5, 0.6) is 11.5 Å². The Bertz CT molecular complexity index is 2660. The monoisotopic (exact) mass is 756 g/mol. The molecule has 0 atom stereocenters. The van der Waals surface area contributed by atoms with Crippen molar-refractivity contribution < 1.29 is 19.1 Å². The van der Waals surface area contributed by atoms with Crippen molar-refractivity contribution in [3.63, 3.8) is 0 Å². The molecule has 0 aliphatic carbocycles. The third-order valence-corrected chi connectivity index (χ3v) is 10.1. The minimum absolute atomic E-state index is 0.433. The topological polar surface area (TPSA) is 59.1 Å². The molecule has 0 fully saturated rings. The van der Waals surface area contributed by atoms with Crippen molar-refractivity contribution in [2.45, 2.75) is 13.8 Å². The number of benzene rings is 8. The van der Waals surface area contributed by atoms with E-state index < -0.39 is 11.9 Å². The fourth-order valence-electron chi connectivity index (χ4n) is 7.25. The molecule has 0 bridgehead atoms. The molecule has 0 aliphatic heterocycles. The molecule has 8 aromatic carbocycles. The first-order valence-electron chi connectivity index (χ1n) is 19.0. The molecule has 0 aromatic heterocycles. The molecule has 0 saturated carbocycles. The van der Waals surface area contributed by atoms with Gasteiger partial charge in [0.1, 0.15) is 11.5 Å². The molecule has 0 amide bonds. The fraction of sp³-hybridized carbons (Fsp3) is 0.0385. The van der Waals surface area contributed by atoms with Gasteiger partial charge in [-0.1, -0.05) is 121 Å². The number of nitrogens with zero attached hydrogens (tertiary/aromatic N) is 2. The predicted octanol–water partition coefficient (Wildman–Crippen LogP) is 13.4. The number of hydrogen-bond donors (Lipinski definition) is 0. The highest BCUT2D eigenvalue weighted by Gasteiger charge is 2.21. The van der Waals surface area contributed by atoms with E-state index in [1.807, 2.05) is 60.7 Å². The number of esters is 2. The Morgan fingerprint density at radius 1 is 0.414 bits per heavy atom. The highest BCUT2D eigenvalue weighted by atomic mass is 16.5. The third kappa shape index (κ3) is 7.47. The smallest absolute Gasteiger partial charge is 0.335 e. The summed E-state index contributed by atoms with van der Waals surface area (Å²) in [4.78, 5) is 29.1. The Morgan fingerprint density at radius 2 is 0.741 bits per heavy atom. The lowest BCUT2D eigenvalue weighted by atomic mass is 10.0. The van der Waals surface area contributed by atoms with E-state index in [9.17, 15) is 9.59 Å². The average Bonchev–Trinajstić information content (AvgIpc) is 3.26. The summed E-state index contributed by atoms with van der Waals surface area (Å²) in [5.74, 6) is -0.204. The summed E-state index contributed by atoms with van der Waals surface area (Å²) < 4.78 is 11.3. The van der Waals surface area contributed by atoms with E-state index in [4.69, 9.17) is 9.47 Å². The summed E-state index contributed by atoms with van der Waals surface area (Å²) in [5, 5.41) is 3.27. The van der Waals surface area contributed by atoms with Crippen molar-refractivity contribution in [2.24, 2.45) is 0 Å². The summed E-state index contributed by atoms with van der Waals surface area (Å²) in [6.07, 6.45) is 2.31. The van der Waals surface area contributed by atoms with Gasteiger partial charge in [0.05, 0.1) is 11.4 Å². The van der Waals surface area contributed by atoms with Crippen LogP contribution in [0.1, 0.15) is 11.1 Å². The highest BCUT2D eigenvalue weighted by molar-refractivity contribution is 6.08. The summed E-state index contributed by atoms with van der Waals surface area (Å²) >= 11 is 0. The van der Waals surface area contributed by atoms with Crippen LogP contribution in [0.15, 0.2) is 195 Å². The lowest BCUT2D eigenvalue weighted by Crippen LogP contribution is -2.12. The number of ether oxygens (including phenoxy) is 2. The van der Waals surface area contributed by atoms with E-state index in [-0.39, 0.29) is 0 Å². The van der Waals surface area contributed by atoms with Gasteiger partial charge in [-0.3, -0.25) is 0 Å². The van der Waals surface area contributed by atoms with Gasteiger partial charge in [0.2, 0.25) is 0 Å². The number of rotatable bonds is 11. The van der Waals surface area contributed by atoms with Gasteiger partial charge in [-0.25, -0.2) is 9.59 Å². The maximum absolute atomic E-state index is 12.3. The van der Waals surface area contributed by atoms with Gasteiger partial charge in [-0.05, 0) is 97.8 Å². The van der Waals surface area contributed by atoms with Crippen LogP contribution >= 0.6 is 0 Å². The molecule has 0 spiro atoms. The average molecular weight is 757 g/mol. The van der Waals surface area contributed by atoms with Crippen LogP contribution in [-0.2, 0) is 9.59 Å². The Balaban J connectivity index is 1.22. The van der Waals surface area contributed by atoms with Gasteiger partial charge < -0.3 is 19.3 Å². The second kappa shape index (κ2) is 16.2. The van der Waals surface area contributed by atoms with Crippen molar-refractivity contribution in [3.8, 4) is 22.6 Å². The predicted molar refractivity (Wildman–Crippen MR) is 237 cm³/mol. The summed E-state index contributed by atoms with van der Waals surface area (Å²) in [5.41, 5.74) is 10.4. The standard InChI is InChI=1S/C52H40N2O4/c1-5-51(55)57-49-17-9-11-43-45(49)13-7-15-47(43)54(48-16-8-14-46-44(48)12-10-18-50(46)58-52(56)6-2)42-33-25-38(26-34-42)37-23-31-41(32-24-37)53(39-27-19-35(3)20-28-39)40-29-21-36(4)22-30-40/h5-34H,1-2H2,3-4H3. The number of carbonyl (C=O) groups is 2. The molecule has 0 saturated heterocycles. The molecular formula is C52H40N2O4. The quantitative estimate of drug-likeness (QED) is 0.0744. The van der Waals surface area contributed by atoms with Crippen molar-refractivity contribution >= 4 is 67.6 Å². The van der Waals surface area contributed by atoms with Gasteiger partial charge in [0, 0.05) is 56.4 Å². The Hall–Kier alpha value is -7.70. The first-order chi connectivity index (χ1) is 28.3. The van der Waals surface area contributed by atoms with Crippen LogP contribution in [0.3, 0.4) is 0 Å². The Labute approximate surface area is 338 Å². The minimum atomic E-state index is -0.535. The Morgan fingerprint density at radius 3 is 1.12 bits per heavy atom. The van der Waals surface area contributed by atoms with Crippen LogP contribution in [0.4, 0.5) is 34.1 Å². The molecule has 8 rings (SSSR count). The van der Waals surface area contributed by atoms with E-state index >= 15 is 0 Å². The zero-order valence-electron chi connectivity index (χ0n) is 32.3. The van der Waals surface area contributed by atoms with Crippen LogP contribution in [-0.4, -0.2) is 11.9 Å². The fourth-order valence-corrected chi connectivity index (χ4v) is 7.25. The van der Waals surface area contributed by atoms with Gasteiger partial charge in [-0.15, -0.1) is 0 Å². The van der Waals surface area contributed by atoms with Crippen molar-refractivity contribution in [2.75, 3.05) is 9.80 Å². The molecule has 6 heteroatoms. The van der Waals surface area contributed by atoms with E-state index in [2.05, 4.69) is 134 Å². The molecule has 282 valence electrons. The first-order valence-corrected chi connectivity index (χ1v) is 19.0. The summed E-state index contributed by atoms with van der Waals surface area (Å²) in [6.45, 7) is 11.3. The number of anilines is 6. The van der Waals surface area contributed by atoms with E-state index in [0.717, 1.165) is 78.9 Å². The number of fused-ring (bicyclic) bond motifs is 2. The Kier molecular flexibility index (Phi) is 10.4. The largest absolute Gasteiger partial charge is 0.423 e. The van der Waals surface area contributed by atoms with Gasteiger partial charge >= 0.3 is 11.9 Å². The maximum Gasteiger partial charge on any atom is 0.335 e. The van der Waals surface area contributed by atoms with Crippen LogP contribution in [0.25, 0.3) is 32.7 Å². The lowest BCUT2D eigenvalue weighted by Gasteiger charge is -2.28. The van der Waals surface area contributed by atoms with Gasteiger partial charge in [-0.2, -0.15) is 0 Å². The van der Waals surface area contributed by atoms with Gasteiger partial charge in [0.25, 0.3) is 0 Å². The number of carbonyl (C=O) groups excluding carboxylic acids is 2. The first kappa shape index (κ1) is 37.2. The second-order valence-electron chi connectivity index (χ2n) is 13.9. The second-order valence-corrected chi connectivity index (χ2v) is 13.9. The summed E-state index contributed by atoms with van der Waals surface area (Å²) in [7, 11) is 0. The molecule has 0 heterocycles. The number of hydrogen-bond acceptors (Lipinski definition) is 6. The zero-order chi connectivity index (χ0) is 40.2. The molecule has 0 unspecified atom stereocenters. The zero-order valence-corrected chi connectivity index (χ0v) is 32.3. The minimum Gasteiger partial charge on any atom is -0.423 e. The molecular weight excluding hydrogens is 717 g/mol. The van der Waals surface area contributed by atoms with E-state index in [0.29, 0.717) is 11.5 Å². The normalized spacial score (nSPS) is 10.9. The SMILES string of the molecule is C=CC(=O)Oc1cccc2c(N(c3ccc(-c4ccc(N(c5ccc(C)cc5)c5ccc(C)cc5)cc4)cc3)c3cccc4c(OC(=O)C=C)cccc34)cccc12.